The number of hydrogen-bond acceptors (Lipinski definition) is 5. The molecule has 3 heterocycles. The van der Waals surface area contributed by atoms with Gasteiger partial charge in [-0.3, -0.25) is 0 Å². The Morgan fingerprint density at radius 1 is 1.14 bits per heavy atom. The van der Waals surface area contributed by atoms with E-state index in [1.165, 1.54) is 40.8 Å². The number of hydrogen-bond donors (Lipinski definition) is 3. The molecule has 2 unspecified atom stereocenters. The number of aryl methyl sites for hydroxylation is 2. The molecule has 0 saturated heterocycles. The van der Waals surface area contributed by atoms with Gasteiger partial charge in [0.15, 0.2) is 5.48 Å². The van der Waals surface area contributed by atoms with E-state index in [0.29, 0.717) is 18.3 Å². The summed E-state index contributed by atoms with van der Waals surface area (Å²) >= 11 is 0. The summed E-state index contributed by atoms with van der Waals surface area (Å²) < 4.78 is 12.0. The number of ether oxygens (including phenoxy) is 1. The van der Waals surface area contributed by atoms with Crippen LogP contribution in [0.1, 0.15) is 48.9 Å². The maximum absolute atomic E-state index is 10.7. The van der Waals surface area contributed by atoms with Crippen LogP contribution in [0.3, 0.4) is 0 Å². The van der Waals surface area contributed by atoms with E-state index in [1.807, 2.05) is 6.08 Å². The first-order valence-corrected chi connectivity index (χ1v) is 11.7. The monoisotopic (exact) mass is 412 g/mol. The number of nitrogens with one attached hydrogen (secondary N) is 1. The van der Waals surface area contributed by atoms with Crippen LogP contribution in [0.4, 0.5) is 5.69 Å². The van der Waals surface area contributed by atoms with E-state index < -0.39 is 18.6 Å². The van der Waals surface area contributed by atoms with Gasteiger partial charge in [0.1, 0.15) is 18.8 Å². The lowest BCUT2D eigenvalue weighted by Gasteiger charge is -2.33. The van der Waals surface area contributed by atoms with Crippen LogP contribution in [0.15, 0.2) is 22.9 Å². The van der Waals surface area contributed by atoms with Gasteiger partial charge in [0.25, 0.3) is 6.02 Å². The summed E-state index contributed by atoms with van der Waals surface area (Å²) in [6.45, 7) is 3.70. The minimum absolute atomic E-state index is 0.196. The van der Waals surface area contributed by atoms with E-state index in [2.05, 4.69) is 16.4 Å². The van der Waals surface area contributed by atoms with Crippen molar-refractivity contribution in [1.29, 1.82) is 0 Å². The molecule has 6 nitrogen and oxygen atoms in total. The SMILES string of the molecule is CC(C)(O)C1=CC2=P(=C(O)C23CN=C(Nc2c4c(cc5c2CCC5)CCC4)O3)O1. The lowest BCUT2D eigenvalue weighted by atomic mass is 9.97. The quantitative estimate of drug-likeness (QED) is 0.651. The van der Waals surface area contributed by atoms with Gasteiger partial charge in [-0.2, -0.15) is 0 Å². The van der Waals surface area contributed by atoms with Crippen molar-refractivity contribution in [3.8, 4) is 0 Å². The molecule has 152 valence electrons. The summed E-state index contributed by atoms with van der Waals surface area (Å²) in [5, 5.41) is 25.3. The lowest BCUT2D eigenvalue weighted by molar-refractivity contribution is 0.0833. The van der Waals surface area contributed by atoms with E-state index >= 15 is 0 Å². The largest absolute Gasteiger partial charge is 0.445 e. The molecule has 0 bridgehead atoms. The van der Waals surface area contributed by atoms with Crippen LogP contribution >= 0.6 is 7.40 Å². The van der Waals surface area contributed by atoms with E-state index in [-0.39, 0.29) is 5.48 Å². The Morgan fingerprint density at radius 2 is 1.83 bits per heavy atom. The fourth-order valence-corrected chi connectivity index (χ4v) is 7.18. The molecule has 3 aliphatic heterocycles. The standard InChI is InChI=1S/C22H25N2O4P/c1-21(2,26)16-10-17-22(19(25)29(17)28-16)11-23-20(27-22)24-18-14-7-3-5-12(14)9-13-6-4-8-15(13)18/h9-10,25-26H,3-8,11H2,1-2H3,(H,23,24). The van der Waals surface area contributed by atoms with Gasteiger partial charge >= 0.3 is 0 Å². The molecule has 0 amide bonds. The van der Waals surface area contributed by atoms with Crippen molar-refractivity contribution in [2.75, 3.05) is 11.9 Å². The van der Waals surface area contributed by atoms with Crippen LogP contribution in [0.5, 0.6) is 0 Å². The number of fused-ring (bicyclic) bond motifs is 3. The predicted octanol–water partition coefficient (Wildman–Crippen LogP) is 2.97. The highest BCUT2D eigenvalue weighted by Gasteiger charge is 2.56. The summed E-state index contributed by atoms with van der Waals surface area (Å²) in [4.78, 5) is 4.60. The van der Waals surface area contributed by atoms with Crippen LogP contribution < -0.4 is 5.32 Å². The van der Waals surface area contributed by atoms with Gasteiger partial charge in [0.05, 0.1) is 11.8 Å². The Balaban J connectivity index is 1.29. The van der Waals surface area contributed by atoms with Crippen molar-refractivity contribution in [2.45, 2.75) is 63.6 Å². The van der Waals surface area contributed by atoms with Gasteiger partial charge in [-0.1, -0.05) is 6.07 Å². The Bertz CT molecular complexity index is 1090. The number of aliphatic hydroxyl groups excluding tert-OH is 1. The zero-order valence-electron chi connectivity index (χ0n) is 16.7. The summed E-state index contributed by atoms with van der Waals surface area (Å²) in [5.41, 5.74) is 5.10. The number of anilines is 1. The zero-order valence-corrected chi connectivity index (χ0v) is 17.6. The van der Waals surface area contributed by atoms with E-state index in [1.54, 1.807) is 13.8 Å². The minimum atomic E-state index is -1.25. The van der Waals surface area contributed by atoms with Crippen LogP contribution in [0, 0.1) is 0 Å². The summed E-state index contributed by atoms with van der Waals surface area (Å²) in [6, 6.07) is 2.88. The molecule has 0 fully saturated rings. The smallest absolute Gasteiger partial charge is 0.290 e. The lowest BCUT2D eigenvalue weighted by Crippen LogP contribution is -2.53. The highest BCUT2D eigenvalue weighted by Crippen LogP contribution is 2.49. The molecule has 2 atom stereocenters. The molecule has 0 saturated carbocycles. The fourth-order valence-electron chi connectivity index (χ4n) is 5.11. The molecule has 0 aromatic heterocycles. The topological polar surface area (TPSA) is 83.3 Å². The maximum atomic E-state index is 10.7. The van der Waals surface area contributed by atoms with Gasteiger partial charge < -0.3 is 24.8 Å². The fraction of sp³-hybridized carbons (Fsp3) is 0.500. The molecule has 5 aliphatic rings. The molecule has 1 spiro atoms. The third-order valence-electron chi connectivity index (χ3n) is 6.67. The number of nitrogens with zero attached hydrogens (tertiary/aromatic N) is 1. The zero-order chi connectivity index (χ0) is 20.0. The first kappa shape index (κ1) is 17.8. The Kier molecular flexibility index (Phi) is 3.55. The Labute approximate surface area is 170 Å². The Morgan fingerprint density at radius 3 is 2.48 bits per heavy atom. The molecule has 0 radical (unpaired) electrons. The maximum Gasteiger partial charge on any atom is 0.290 e. The van der Waals surface area contributed by atoms with Crippen LogP contribution in [0.2, 0.25) is 0 Å². The predicted molar refractivity (Wildman–Crippen MR) is 115 cm³/mol. The summed E-state index contributed by atoms with van der Waals surface area (Å²) in [6.07, 6.45) is 8.71. The molecule has 29 heavy (non-hydrogen) atoms. The molecule has 2 aliphatic carbocycles. The average molecular weight is 412 g/mol. The molecule has 6 rings (SSSR count). The van der Waals surface area contributed by atoms with E-state index in [4.69, 9.17) is 9.26 Å². The van der Waals surface area contributed by atoms with Crippen LogP contribution in [-0.2, 0) is 34.9 Å². The second-order valence-corrected chi connectivity index (χ2v) is 10.7. The number of benzene rings is 1. The second kappa shape index (κ2) is 5.78. The molecule has 3 N–H and O–H groups in total. The minimum Gasteiger partial charge on any atom is -0.445 e. The number of amidine groups is 1. The van der Waals surface area contributed by atoms with Gasteiger partial charge in [-0.25, -0.2) is 4.99 Å². The van der Waals surface area contributed by atoms with Gasteiger partial charge in [-0.05, 0) is 80.7 Å². The van der Waals surface area contributed by atoms with Gasteiger partial charge in [-0.15, -0.1) is 0 Å². The van der Waals surface area contributed by atoms with Crippen molar-refractivity contribution in [1.82, 2.24) is 0 Å². The number of rotatable bonds is 2. The normalized spacial score (nSPS) is 27.8. The number of aliphatic imine (C=N–C) groups is 1. The first-order chi connectivity index (χ1) is 13.9. The van der Waals surface area contributed by atoms with Crippen molar-refractivity contribution < 1.29 is 19.5 Å². The van der Waals surface area contributed by atoms with E-state index in [0.717, 1.165) is 31.0 Å². The Hall–Kier alpha value is -2.01. The van der Waals surface area contributed by atoms with Gasteiger partial charge in [0.2, 0.25) is 5.60 Å². The van der Waals surface area contributed by atoms with Gasteiger partial charge in [0, 0.05) is 5.69 Å². The van der Waals surface area contributed by atoms with Crippen molar-refractivity contribution >= 4 is 29.9 Å². The summed E-state index contributed by atoms with van der Waals surface area (Å²) in [5.74, 6) is 0.478. The molecule has 1 aromatic carbocycles. The molecular weight excluding hydrogens is 387 g/mol. The molecule has 1 aromatic rings. The second-order valence-electron chi connectivity index (χ2n) is 9.07. The van der Waals surface area contributed by atoms with Crippen molar-refractivity contribution in [3.63, 3.8) is 0 Å². The number of aliphatic hydroxyl groups is 2. The average Bonchev–Trinajstić information content (AvgIpc) is 3.44. The highest BCUT2D eigenvalue weighted by atomic mass is 31.1. The molecule has 7 heteroatoms. The van der Waals surface area contributed by atoms with Crippen LogP contribution in [-0.4, -0.2) is 44.8 Å². The van der Waals surface area contributed by atoms with E-state index in [9.17, 15) is 10.2 Å². The third kappa shape index (κ3) is 2.40. The highest BCUT2D eigenvalue weighted by molar-refractivity contribution is 7.60. The molecular formula is C22H25N2O4P. The van der Waals surface area contributed by atoms with Crippen LogP contribution in [0.25, 0.3) is 0 Å². The van der Waals surface area contributed by atoms with Crippen molar-refractivity contribution in [3.05, 3.63) is 40.2 Å². The third-order valence-corrected chi connectivity index (χ3v) is 8.72. The van der Waals surface area contributed by atoms with Crippen molar-refractivity contribution in [2.24, 2.45) is 4.99 Å². The first-order valence-electron chi connectivity index (χ1n) is 10.4. The summed E-state index contributed by atoms with van der Waals surface area (Å²) in [7, 11) is -1.25.